The topological polar surface area (TPSA) is 50.8 Å². The highest BCUT2D eigenvalue weighted by molar-refractivity contribution is 6.32. The molecule has 1 unspecified atom stereocenters. The Hall–Kier alpha value is -1.46. The molecule has 1 heterocycles. The largest absolute Gasteiger partial charge is 0.495 e. The number of likely N-dealkylation sites (tertiary alicyclic amines) is 1. The minimum atomic E-state index is -0.0987. The van der Waals surface area contributed by atoms with Crippen LogP contribution < -0.4 is 10.1 Å². The number of methoxy groups -OCH3 is 1. The summed E-state index contributed by atoms with van der Waals surface area (Å²) in [4.78, 5) is 14.0. The number of ether oxygens (including phenoxy) is 2. The first kappa shape index (κ1) is 15.9. The molecule has 2 rings (SSSR count). The molecule has 1 fully saturated rings. The van der Waals surface area contributed by atoms with Gasteiger partial charge in [0.15, 0.2) is 0 Å². The van der Waals surface area contributed by atoms with Crippen molar-refractivity contribution in [3.8, 4) is 5.75 Å². The average Bonchev–Trinajstić information content (AvgIpc) is 2.96. The molecular weight excluding hydrogens is 292 g/mol. The lowest BCUT2D eigenvalue weighted by Crippen LogP contribution is -2.33. The van der Waals surface area contributed by atoms with Crippen molar-refractivity contribution in [3.63, 3.8) is 0 Å². The lowest BCUT2D eigenvalue weighted by atomic mass is 10.1. The van der Waals surface area contributed by atoms with Crippen molar-refractivity contribution < 1.29 is 14.3 Å². The van der Waals surface area contributed by atoms with E-state index in [1.165, 1.54) is 0 Å². The molecule has 1 aliphatic rings. The van der Waals surface area contributed by atoms with E-state index >= 15 is 0 Å². The fourth-order valence-electron chi connectivity index (χ4n) is 2.38. The molecule has 1 aromatic rings. The van der Waals surface area contributed by atoms with Gasteiger partial charge in [-0.2, -0.15) is 0 Å². The number of nitrogens with zero attached hydrogens (tertiary/aromatic N) is 1. The van der Waals surface area contributed by atoms with Gasteiger partial charge < -0.3 is 19.7 Å². The lowest BCUT2D eigenvalue weighted by Gasteiger charge is -2.18. The number of anilines is 1. The Labute approximate surface area is 130 Å². The number of carbonyl (C=O) groups excluding carboxylic acids is 1. The first-order valence-electron chi connectivity index (χ1n) is 7.11. The molecule has 1 saturated heterocycles. The highest BCUT2D eigenvalue weighted by Gasteiger charge is 2.26. The standard InChI is InChI=1S/C15H21ClN2O3/c1-3-21-10-11-6-7-18(9-11)15(19)17-12-4-5-13(16)14(8-12)20-2/h4-5,8,11H,3,6-7,9-10H2,1-2H3,(H,17,19). The number of hydrogen-bond acceptors (Lipinski definition) is 3. The lowest BCUT2D eigenvalue weighted by molar-refractivity contribution is 0.113. The second-order valence-corrected chi connectivity index (χ2v) is 5.45. The Morgan fingerprint density at radius 1 is 1.52 bits per heavy atom. The maximum atomic E-state index is 12.2. The van der Waals surface area contributed by atoms with Crippen LogP contribution in [0.25, 0.3) is 0 Å². The molecule has 1 aromatic carbocycles. The van der Waals surface area contributed by atoms with Gasteiger partial charge in [-0.05, 0) is 25.5 Å². The number of halogens is 1. The third-order valence-corrected chi connectivity index (χ3v) is 3.85. The van der Waals surface area contributed by atoms with Crippen LogP contribution in [0.4, 0.5) is 10.5 Å². The summed E-state index contributed by atoms with van der Waals surface area (Å²) in [7, 11) is 1.55. The maximum absolute atomic E-state index is 12.2. The van der Waals surface area contributed by atoms with E-state index in [1.807, 2.05) is 11.8 Å². The van der Waals surface area contributed by atoms with Crippen LogP contribution >= 0.6 is 11.6 Å². The second-order valence-electron chi connectivity index (χ2n) is 5.04. The van der Waals surface area contributed by atoms with E-state index in [9.17, 15) is 4.79 Å². The fraction of sp³-hybridized carbons (Fsp3) is 0.533. The highest BCUT2D eigenvalue weighted by atomic mass is 35.5. The average molecular weight is 313 g/mol. The van der Waals surface area contributed by atoms with Gasteiger partial charge in [-0.15, -0.1) is 0 Å². The van der Waals surface area contributed by atoms with Crippen molar-refractivity contribution >= 4 is 23.3 Å². The van der Waals surface area contributed by atoms with Crippen molar-refractivity contribution in [2.24, 2.45) is 5.92 Å². The second kappa shape index (κ2) is 7.52. The fourth-order valence-corrected chi connectivity index (χ4v) is 2.57. The molecule has 6 heteroatoms. The summed E-state index contributed by atoms with van der Waals surface area (Å²) in [6, 6.07) is 5.08. The first-order valence-corrected chi connectivity index (χ1v) is 7.49. The van der Waals surface area contributed by atoms with E-state index < -0.39 is 0 Å². The monoisotopic (exact) mass is 312 g/mol. The number of benzene rings is 1. The zero-order valence-electron chi connectivity index (χ0n) is 12.4. The van der Waals surface area contributed by atoms with Crippen molar-refractivity contribution in [2.45, 2.75) is 13.3 Å². The number of hydrogen-bond donors (Lipinski definition) is 1. The molecule has 0 bridgehead atoms. The van der Waals surface area contributed by atoms with Gasteiger partial charge in [0.05, 0.1) is 18.7 Å². The summed E-state index contributed by atoms with van der Waals surface area (Å²) < 4.78 is 10.6. The zero-order valence-corrected chi connectivity index (χ0v) is 13.2. The van der Waals surface area contributed by atoms with Gasteiger partial charge in [-0.1, -0.05) is 11.6 Å². The predicted molar refractivity (Wildman–Crippen MR) is 83.2 cm³/mol. The molecule has 1 N–H and O–H groups in total. The van der Waals surface area contributed by atoms with Crippen LogP contribution in [-0.2, 0) is 4.74 Å². The molecule has 116 valence electrons. The van der Waals surface area contributed by atoms with Gasteiger partial charge in [0.2, 0.25) is 0 Å². The molecule has 0 spiro atoms. The van der Waals surface area contributed by atoms with Crippen LogP contribution in [0.1, 0.15) is 13.3 Å². The van der Waals surface area contributed by atoms with Gasteiger partial charge in [-0.3, -0.25) is 0 Å². The van der Waals surface area contributed by atoms with Gasteiger partial charge in [0.25, 0.3) is 0 Å². The maximum Gasteiger partial charge on any atom is 0.321 e. The van der Waals surface area contributed by atoms with Gasteiger partial charge >= 0.3 is 6.03 Å². The Balaban J connectivity index is 1.90. The first-order chi connectivity index (χ1) is 10.1. The number of nitrogens with one attached hydrogen (secondary N) is 1. The molecule has 0 aliphatic carbocycles. The number of rotatable bonds is 5. The quantitative estimate of drug-likeness (QED) is 0.908. The van der Waals surface area contributed by atoms with E-state index in [0.717, 1.165) is 26.1 Å². The Morgan fingerprint density at radius 2 is 2.33 bits per heavy atom. The van der Waals surface area contributed by atoms with E-state index in [0.29, 0.717) is 29.0 Å². The van der Waals surface area contributed by atoms with Crippen molar-refractivity contribution in [1.29, 1.82) is 0 Å². The van der Waals surface area contributed by atoms with Crippen molar-refractivity contribution in [3.05, 3.63) is 23.2 Å². The van der Waals surface area contributed by atoms with E-state index in [4.69, 9.17) is 21.1 Å². The number of amides is 2. The van der Waals surface area contributed by atoms with Crippen LogP contribution in [0.3, 0.4) is 0 Å². The van der Waals surface area contributed by atoms with Crippen LogP contribution in [0, 0.1) is 5.92 Å². The minimum Gasteiger partial charge on any atom is -0.495 e. The third-order valence-electron chi connectivity index (χ3n) is 3.53. The van der Waals surface area contributed by atoms with E-state index in [2.05, 4.69) is 5.32 Å². The van der Waals surface area contributed by atoms with E-state index in [-0.39, 0.29) is 6.03 Å². The number of urea groups is 1. The molecule has 0 saturated carbocycles. The Morgan fingerprint density at radius 3 is 3.05 bits per heavy atom. The summed E-state index contributed by atoms with van der Waals surface area (Å²) in [5.74, 6) is 0.973. The molecule has 1 atom stereocenters. The Kier molecular flexibility index (Phi) is 5.70. The van der Waals surface area contributed by atoms with Crippen LogP contribution in [0.15, 0.2) is 18.2 Å². The van der Waals surface area contributed by atoms with E-state index in [1.54, 1.807) is 25.3 Å². The molecule has 0 aromatic heterocycles. The minimum absolute atomic E-state index is 0.0987. The molecule has 1 aliphatic heterocycles. The highest BCUT2D eigenvalue weighted by Crippen LogP contribution is 2.27. The summed E-state index contributed by atoms with van der Waals surface area (Å²) in [5, 5.41) is 3.39. The summed E-state index contributed by atoms with van der Waals surface area (Å²) in [5.41, 5.74) is 0.675. The Bertz CT molecular complexity index is 496. The zero-order chi connectivity index (χ0) is 15.2. The van der Waals surface area contributed by atoms with Crippen molar-refractivity contribution in [2.75, 3.05) is 38.7 Å². The van der Waals surface area contributed by atoms with Gasteiger partial charge in [-0.25, -0.2) is 4.79 Å². The third kappa shape index (κ3) is 4.25. The summed E-state index contributed by atoms with van der Waals surface area (Å²) in [6.07, 6.45) is 0.983. The van der Waals surface area contributed by atoms with Gasteiger partial charge in [0, 0.05) is 37.4 Å². The molecule has 5 nitrogen and oxygen atoms in total. The van der Waals surface area contributed by atoms with Crippen LogP contribution in [0.5, 0.6) is 5.75 Å². The molecule has 0 radical (unpaired) electrons. The summed E-state index contributed by atoms with van der Waals surface area (Å²) >= 11 is 5.97. The smallest absolute Gasteiger partial charge is 0.321 e. The van der Waals surface area contributed by atoms with Crippen LogP contribution in [0.2, 0.25) is 5.02 Å². The summed E-state index contributed by atoms with van der Waals surface area (Å²) in [6.45, 7) is 4.90. The SMILES string of the molecule is CCOCC1CCN(C(=O)Nc2ccc(Cl)c(OC)c2)C1. The molecular formula is C15H21ClN2O3. The van der Waals surface area contributed by atoms with Gasteiger partial charge in [0.1, 0.15) is 5.75 Å². The predicted octanol–water partition coefficient (Wildman–Crippen LogP) is 3.24. The normalized spacial score (nSPS) is 17.9. The van der Waals surface area contributed by atoms with Crippen LogP contribution in [-0.4, -0.2) is 44.3 Å². The molecule has 2 amide bonds. The number of carbonyl (C=O) groups is 1. The molecule has 21 heavy (non-hydrogen) atoms. The van der Waals surface area contributed by atoms with Crippen molar-refractivity contribution in [1.82, 2.24) is 4.90 Å².